The van der Waals surface area contributed by atoms with Gasteiger partial charge in [0.2, 0.25) is 0 Å². The fourth-order valence-corrected chi connectivity index (χ4v) is 8.26. The number of hydrogen-bond acceptors (Lipinski definition) is 1. The van der Waals surface area contributed by atoms with Crippen molar-refractivity contribution in [2.24, 2.45) is 0 Å². The lowest BCUT2D eigenvalue weighted by Crippen LogP contribution is -2.16. The molecule has 0 amide bonds. The highest BCUT2D eigenvalue weighted by Gasteiger charge is 2.36. The topological polar surface area (TPSA) is 3.24 Å². The van der Waals surface area contributed by atoms with Crippen molar-refractivity contribution < 1.29 is 26.0 Å². The van der Waals surface area contributed by atoms with Crippen LogP contribution in [0.1, 0.15) is 51.0 Å². The molecule has 10 aromatic carbocycles. The van der Waals surface area contributed by atoms with Crippen molar-refractivity contribution >= 4 is 49.4 Å². The maximum atomic E-state index is 10.1. The summed E-state index contributed by atoms with van der Waals surface area (Å²) in [6.45, 7) is 4.20. The van der Waals surface area contributed by atoms with Gasteiger partial charge in [-0.2, -0.15) is 0 Å². The van der Waals surface area contributed by atoms with Crippen LogP contribution < -0.4 is 4.90 Å². The number of hydrogen-bond donors (Lipinski definition) is 0. The van der Waals surface area contributed by atoms with Gasteiger partial charge in [0.1, 0.15) is 0 Å². The van der Waals surface area contributed by atoms with Crippen LogP contribution in [-0.2, 0) is 5.41 Å². The molecule has 11 rings (SSSR count). The Kier molecular flexibility index (Phi) is 4.59. The Labute approximate surface area is 366 Å². The van der Waals surface area contributed by atoms with Crippen LogP contribution in [0.5, 0.6) is 0 Å². The van der Waals surface area contributed by atoms with Crippen LogP contribution in [0.4, 0.5) is 17.1 Å². The lowest BCUT2D eigenvalue weighted by molar-refractivity contribution is 0.660. The van der Waals surface area contributed by atoms with Gasteiger partial charge in [0.25, 0.3) is 0 Å². The average Bonchev–Trinajstić information content (AvgIpc) is 3.73. The standard InChI is InChI=1S/C57H41N/c1-57(2)53-23-13-12-21-50(53)51-35-33-45(37-54(51)57)58(55-36-43-17-7-8-18-46(43)49-20-10-11-22-52(49)55)44-31-28-41(29-32-44)48-34-30-40-16-6-9-19-47(40)56(48)42-26-24-39(25-27-42)38-14-4-3-5-15-38/h3-37H,1-2H3/i3D,4D,5D,6D,9D,14D,15D,16D,19D,24D,25D,26D,27D,28D,29D,30D,31D,32D,34D. The lowest BCUT2D eigenvalue weighted by Gasteiger charge is -2.29. The summed E-state index contributed by atoms with van der Waals surface area (Å²) < 4.78 is 174. The normalized spacial score (nSPS) is 17.4. The second-order valence-corrected chi connectivity index (χ2v) is 14.6. The molecule has 10 aromatic rings. The van der Waals surface area contributed by atoms with Gasteiger partial charge in [-0.05, 0) is 113 Å². The van der Waals surface area contributed by atoms with Gasteiger partial charge >= 0.3 is 0 Å². The molecule has 0 spiro atoms. The molecule has 0 aromatic heterocycles. The Morgan fingerprint density at radius 3 is 1.86 bits per heavy atom. The zero-order valence-corrected chi connectivity index (χ0v) is 31.2. The van der Waals surface area contributed by atoms with Crippen molar-refractivity contribution in [2.45, 2.75) is 19.3 Å². The van der Waals surface area contributed by atoms with E-state index in [4.69, 9.17) is 11.0 Å². The van der Waals surface area contributed by atoms with Crippen LogP contribution >= 0.6 is 0 Å². The van der Waals surface area contributed by atoms with Crippen molar-refractivity contribution in [1.82, 2.24) is 0 Å². The van der Waals surface area contributed by atoms with Crippen molar-refractivity contribution in [1.29, 1.82) is 0 Å². The average molecular weight is 759 g/mol. The molecule has 1 aliphatic rings. The molecule has 1 heteroatoms. The molecule has 0 aliphatic heterocycles. The summed E-state index contributed by atoms with van der Waals surface area (Å²) in [5.41, 5.74) is 0.144. The van der Waals surface area contributed by atoms with E-state index in [1.165, 1.54) is 0 Å². The zero-order valence-electron chi connectivity index (χ0n) is 50.2. The molecule has 0 saturated heterocycles. The smallest absolute Gasteiger partial charge is 0.0645 e. The molecule has 58 heavy (non-hydrogen) atoms. The van der Waals surface area contributed by atoms with Crippen molar-refractivity contribution in [2.75, 3.05) is 4.90 Å². The van der Waals surface area contributed by atoms with Crippen molar-refractivity contribution in [3.8, 4) is 44.5 Å². The van der Waals surface area contributed by atoms with Crippen LogP contribution in [0.15, 0.2) is 212 Å². The number of rotatable bonds is 6. The molecule has 1 aliphatic carbocycles. The third-order valence-corrected chi connectivity index (χ3v) is 11.0. The quantitative estimate of drug-likeness (QED) is 0.153. The highest BCUT2D eigenvalue weighted by molar-refractivity contribution is 6.14. The molecule has 0 N–H and O–H groups in total. The predicted molar refractivity (Wildman–Crippen MR) is 248 cm³/mol. The Hall–Kier alpha value is -7.22. The summed E-state index contributed by atoms with van der Waals surface area (Å²) in [6, 6.07) is 15.2. The molecule has 0 atom stereocenters. The van der Waals surface area contributed by atoms with Crippen molar-refractivity contribution in [3.05, 3.63) is 223 Å². The number of fused-ring (bicyclic) bond motifs is 7. The van der Waals surface area contributed by atoms with E-state index < -0.39 is 164 Å². The molecular formula is C57H41N. The Morgan fingerprint density at radius 2 is 1.03 bits per heavy atom. The van der Waals surface area contributed by atoms with E-state index in [1.807, 2.05) is 91.0 Å². The molecule has 0 radical (unpaired) electrons. The second-order valence-electron chi connectivity index (χ2n) is 14.6. The van der Waals surface area contributed by atoms with Crippen LogP contribution in [-0.4, -0.2) is 0 Å². The van der Waals surface area contributed by atoms with E-state index in [-0.39, 0.29) is 5.69 Å². The first-order valence-corrected chi connectivity index (χ1v) is 18.7. The number of benzene rings is 10. The van der Waals surface area contributed by atoms with Gasteiger partial charge in [0.05, 0.1) is 31.7 Å². The minimum absolute atomic E-state index is 0.230. The SMILES string of the molecule is [2H]c1c([2H])c([2H])c(-c2c([2H])c([2H])c(-c3c(-c4c([2H])c([2H])c(N(c5ccc6c(c5)C(C)(C)c5ccccc5-6)c5cc6ccccc6c6ccccc56)c([2H])c4[2H])c([2H])c([2H])c4c([2H])c([2H])c([2H])c([2H])c34)c([2H])c2[2H])c([2H])c1[2H]. The van der Waals surface area contributed by atoms with Crippen molar-refractivity contribution in [3.63, 3.8) is 0 Å². The summed E-state index contributed by atoms with van der Waals surface area (Å²) in [4.78, 5) is 1.66. The molecule has 0 unspecified atom stereocenters. The van der Waals surface area contributed by atoms with Crippen LogP contribution in [0.25, 0.3) is 76.8 Å². The third kappa shape index (κ3) is 5.46. The largest absolute Gasteiger partial charge is 0.310 e. The van der Waals surface area contributed by atoms with E-state index >= 15 is 0 Å². The number of anilines is 3. The first-order valence-electron chi connectivity index (χ1n) is 28.2. The highest BCUT2D eigenvalue weighted by Crippen LogP contribution is 2.51. The van der Waals surface area contributed by atoms with E-state index in [2.05, 4.69) is 19.9 Å². The second kappa shape index (κ2) is 13.5. The molecule has 0 bridgehead atoms. The van der Waals surface area contributed by atoms with E-state index in [0.29, 0.717) is 16.8 Å². The third-order valence-electron chi connectivity index (χ3n) is 11.0. The Bertz CT molecular complexity index is 4230. The molecule has 274 valence electrons. The zero-order chi connectivity index (χ0) is 55.3. The maximum Gasteiger partial charge on any atom is 0.0645 e. The van der Waals surface area contributed by atoms with Crippen LogP contribution in [0, 0.1) is 0 Å². The molecule has 0 heterocycles. The fraction of sp³-hybridized carbons (Fsp3) is 0.0526. The monoisotopic (exact) mass is 758 g/mol. The van der Waals surface area contributed by atoms with Gasteiger partial charge in [-0.15, -0.1) is 0 Å². The maximum absolute atomic E-state index is 10.1. The molecule has 0 saturated carbocycles. The summed E-state index contributed by atoms with van der Waals surface area (Å²) in [6.07, 6.45) is 0. The van der Waals surface area contributed by atoms with Gasteiger partial charge in [0.15, 0.2) is 0 Å². The minimum Gasteiger partial charge on any atom is -0.310 e. The van der Waals surface area contributed by atoms with Crippen LogP contribution in [0.2, 0.25) is 0 Å². The fourth-order valence-electron chi connectivity index (χ4n) is 8.26. The Morgan fingerprint density at radius 1 is 0.397 bits per heavy atom. The van der Waals surface area contributed by atoms with Gasteiger partial charge in [0, 0.05) is 22.2 Å². The predicted octanol–water partition coefficient (Wildman–Crippen LogP) is 15.9. The highest BCUT2D eigenvalue weighted by atomic mass is 15.1. The van der Waals surface area contributed by atoms with Gasteiger partial charge in [-0.1, -0.05) is 195 Å². The molecule has 0 fully saturated rings. The van der Waals surface area contributed by atoms with E-state index in [0.717, 1.165) is 38.4 Å². The summed E-state index contributed by atoms with van der Waals surface area (Å²) >= 11 is 0. The van der Waals surface area contributed by atoms with Gasteiger partial charge in [-0.25, -0.2) is 0 Å². The first-order chi connectivity index (χ1) is 36.4. The van der Waals surface area contributed by atoms with E-state index in [1.54, 1.807) is 4.90 Å². The Balaban J connectivity index is 1.26. The van der Waals surface area contributed by atoms with Crippen LogP contribution in [0.3, 0.4) is 0 Å². The van der Waals surface area contributed by atoms with Gasteiger partial charge < -0.3 is 4.90 Å². The van der Waals surface area contributed by atoms with E-state index in [9.17, 15) is 15.1 Å². The summed E-state index contributed by atoms with van der Waals surface area (Å²) in [5.74, 6) is 0. The minimum atomic E-state index is -0.970. The van der Waals surface area contributed by atoms with Gasteiger partial charge in [-0.3, -0.25) is 0 Å². The molecule has 1 nitrogen and oxygen atoms in total. The number of nitrogens with zero attached hydrogens (tertiary/aromatic N) is 1. The summed E-state index contributed by atoms with van der Waals surface area (Å²) in [7, 11) is 0. The first kappa shape index (κ1) is 19.8. The summed E-state index contributed by atoms with van der Waals surface area (Å²) in [5, 5.41) is 2.08. The lowest BCUT2D eigenvalue weighted by atomic mass is 9.82. The molecular weight excluding hydrogens is 699 g/mol.